The molecule has 0 N–H and O–H groups in total. The molecule has 8 heteroatoms. The lowest BCUT2D eigenvalue weighted by atomic mass is 9.96. The van der Waals surface area contributed by atoms with E-state index in [1.165, 1.54) is 52.8 Å². The Labute approximate surface area is 476 Å². The standard InChI is InChI=1S/C37H23N3O.C37H23N3S/c2*1-3-11-25(12-4-1)35-38-36(26-13-5-2-6-14-26)40-37(39-35)27-21-19-24(20-22-27)31-23-28-15-7-8-16-29(28)33-30-17-9-10-18-32(30)41-34(31)33/h2*1-23H. The molecular weight excluding hydrogens is 1020 g/mol. The fourth-order valence-electron chi connectivity index (χ4n) is 11.1. The number of furan rings is 1. The van der Waals surface area contributed by atoms with Crippen molar-refractivity contribution in [2.75, 3.05) is 0 Å². The Morgan fingerprint density at radius 1 is 0.256 bits per heavy atom. The fraction of sp³-hybridized carbons (Fsp3) is 0. The maximum Gasteiger partial charge on any atom is 0.164 e. The van der Waals surface area contributed by atoms with E-state index in [9.17, 15) is 0 Å². The van der Waals surface area contributed by atoms with Gasteiger partial charge in [0.1, 0.15) is 11.2 Å². The van der Waals surface area contributed by atoms with Gasteiger partial charge in [-0.2, -0.15) is 0 Å². The van der Waals surface area contributed by atoms with Gasteiger partial charge in [0.05, 0.1) is 0 Å². The number of rotatable bonds is 8. The van der Waals surface area contributed by atoms with Gasteiger partial charge in [0.2, 0.25) is 0 Å². The Kier molecular flexibility index (Phi) is 12.2. The first-order valence-electron chi connectivity index (χ1n) is 27.2. The van der Waals surface area contributed by atoms with E-state index < -0.39 is 0 Å². The number of thiophene rings is 1. The van der Waals surface area contributed by atoms with Crippen molar-refractivity contribution in [1.29, 1.82) is 0 Å². The molecule has 0 fully saturated rings. The Hall–Kier alpha value is -10.8. The van der Waals surface area contributed by atoms with E-state index in [-0.39, 0.29) is 0 Å². The molecule has 0 unspecified atom stereocenters. The number of aromatic nitrogens is 6. The van der Waals surface area contributed by atoms with Gasteiger partial charge in [0, 0.05) is 75.5 Å². The van der Waals surface area contributed by atoms with Gasteiger partial charge in [-0.15, -0.1) is 11.3 Å². The van der Waals surface area contributed by atoms with Crippen LogP contribution in [0, 0.1) is 0 Å². The van der Waals surface area contributed by atoms with Crippen LogP contribution in [0.25, 0.3) is 154 Å². The van der Waals surface area contributed by atoms with E-state index in [1.54, 1.807) is 0 Å². The van der Waals surface area contributed by atoms with E-state index in [1.807, 2.05) is 145 Å². The lowest BCUT2D eigenvalue weighted by Gasteiger charge is -2.10. The van der Waals surface area contributed by atoms with Crippen LogP contribution in [0.1, 0.15) is 0 Å². The zero-order valence-corrected chi connectivity index (χ0v) is 44.9. The molecule has 4 aromatic heterocycles. The number of para-hydroxylation sites is 1. The van der Waals surface area contributed by atoms with Gasteiger partial charge in [-0.05, 0) is 56.9 Å². The summed E-state index contributed by atoms with van der Waals surface area (Å²) in [4.78, 5) is 29.2. The van der Waals surface area contributed by atoms with E-state index in [2.05, 4.69) is 146 Å². The minimum atomic E-state index is 0.636. The molecule has 384 valence electrons. The van der Waals surface area contributed by atoms with E-state index in [4.69, 9.17) is 34.3 Å². The van der Waals surface area contributed by atoms with Gasteiger partial charge in [0.15, 0.2) is 34.9 Å². The predicted octanol–water partition coefficient (Wildman–Crippen LogP) is 19.7. The second-order valence-corrected chi connectivity index (χ2v) is 21.2. The van der Waals surface area contributed by atoms with Crippen LogP contribution >= 0.6 is 11.3 Å². The highest BCUT2D eigenvalue weighted by atomic mass is 32.1. The van der Waals surface area contributed by atoms with Gasteiger partial charge in [-0.3, -0.25) is 0 Å². The molecule has 0 spiro atoms. The van der Waals surface area contributed by atoms with E-state index >= 15 is 0 Å². The summed E-state index contributed by atoms with van der Waals surface area (Å²) >= 11 is 1.86. The third-order valence-electron chi connectivity index (χ3n) is 15.0. The largest absolute Gasteiger partial charge is 0.455 e. The van der Waals surface area contributed by atoms with Gasteiger partial charge >= 0.3 is 0 Å². The maximum absolute atomic E-state index is 6.46. The second kappa shape index (κ2) is 20.8. The monoisotopic (exact) mass is 1070 g/mol. The summed E-state index contributed by atoms with van der Waals surface area (Å²) < 4.78 is 9.08. The summed E-state index contributed by atoms with van der Waals surface area (Å²) in [7, 11) is 0. The summed E-state index contributed by atoms with van der Waals surface area (Å²) in [6.45, 7) is 0. The molecule has 0 saturated carbocycles. The van der Waals surface area contributed by atoms with Gasteiger partial charge in [-0.25, -0.2) is 29.9 Å². The number of benzene rings is 12. The highest BCUT2D eigenvalue weighted by Gasteiger charge is 2.19. The van der Waals surface area contributed by atoms with Gasteiger partial charge < -0.3 is 4.42 Å². The van der Waals surface area contributed by atoms with Crippen LogP contribution in [0.4, 0.5) is 0 Å². The molecule has 4 heterocycles. The normalized spacial score (nSPS) is 11.4. The number of hydrogen-bond acceptors (Lipinski definition) is 8. The van der Waals surface area contributed by atoms with Crippen LogP contribution in [0.5, 0.6) is 0 Å². The molecule has 16 rings (SSSR count). The molecule has 0 saturated heterocycles. The molecule has 0 aliphatic rings. The summed E-state index contributed by atoms with van der Waals surface area (Å²) in [5, 5.41) is 9.85. The van der Waals surface area contributed by atoms with Crippen LogP contribution in [0.3, 0.4) is 0 Å². The molecule has 0 bridgehead atoms. The molecule has 0 amide bonds. The van der Waals surface area contributed by atoms with Crippen LogP contribution in [-0.2, 0) is 0 Å². The molecule has 12 aromatic carbocycles. The molecular formula is C74H46N6OS. The zero-order chi connectivity index (χ0) is 54.3. The molecule has 82 heavy (non-hydrogen) atoms. The van der Waals surface area contributed by atoms with Crippen molar-refractivity contribution >= 4 is 75.0 Å². The third kappa shape index (κ3) is 8.99. The summed E-state index contributed by atoms with van der Waals surface area (Å²) in [6.07, 6.45) is 0. The number of nitrogens with zero attached hydrogens (tertiary/aromatic N) is 6. The molecule has 0 aliphatic carbocycles. The van der Waals surface area contributed by atoms with Crippen molar-refractivity contribution in [2.24, 2.45) is 0 Å². The fourth-order valence-corrected chi connectivity index (χ4v) is 12.3. The first-order chi connectivity index (χ1) is 40.6. The predicted molar refractivity (Wildman–Crippen MR) is 338 cm³/mol. The highest BCUT2D eigenvalue weighted by molar-refractivity contribution is 7.26. The summed E-state index contributed by atoms with van der Waals surface area (Å²) in [5.74, 6) is 3.93. The number of fused-ring (bicyclic) bond motifs is 10. The Morgan fingerprint density at radius 2 is 0.585 bits per heavy atom. The van der Waals surface area contributed by atoms with Crippen molar-refractivity contribution in [3.63, 3.8) is 0 Å². The lowest BCUT2D eigenvalue weighted by molar-refractivity contribution is 0.670. The average Bonchev–Trinajstić information content (AvgIpc) is 4.37. The van der Waals surface area contributed by atoms with Crippen LogP contribution in [0.2, 0.25) is 0 Å². The Morgan fingerprint density at radius 3 is 1.05 bits per heavy atom. The minimum Gasteiger partial charge on any atom is -0.455 e. The zero-order valence-electron chi connectivity index (χ0n) is 44.1. The highest BCUT2D eigenvalue weighted by Crippen LogP contribution is 2.45. The van der Waals surface area contributed by atoms with Crippen molar-refractivity contribution in [2.45, 2.75) is 0 Å². The number of hydrogen-bond donors (Lipinski definition) is 0. The minimum absolute atomic E-state index is 0.636. The van der Waals surface area contributed by atoms with Crippen LogP contribution in [0.15, 0.2) is 283 Å². The maximum atomic E-state index is 6.46. The smallest absolute Gasteiger partial charge is 0.164 e. The van der Waals surface area contributed by atoms with Crippen molar-refractivity contribution in [1.82, 2.24) is 29.9 Å². The van der Waals surface area contributed by atoms with E-state index in [0.717, 1.165) is 66.4 Å². The van der Waals surface area contributed by atoms with Crippen LogP contribution in [-0.4, -0.2) is 29.9 Å². The molecule has 0 atom stereocenters. The quantitative estimate of drug-likeness (QED) is 0.150. The van der Waals surface area contributed by atoms with Crippen molar-refractivity contribution in [3.05, 3.63) is 279 Å². The topological polar surface area (TPSA) is 90.5 Å². The van der Waals surface area contributed by atoms with Gasteiger partial charge in [-0.1, -0.05) is 255 Å². The van der Waals surface area contributed by atoms with Crippen molar-refractivity contribution in [3.8, 4) is 90.6 Å². The first kappa shape index (κ1) is 48.3. The van der Waals surface area contributed by atoms with E-state index in [0.29, 0.717) is 34.9 Å². The Bertz CT molecular complexity index is 4580. The summed E-state index contributed by atoms with van der Waals surface area (Å²) in [5.41, 5.74) is 12.1. The molecule has 0 aliphatic heterocycles. The molecule has 7 nitrogen and oxygen atoms in total. The van der Waals surface area contributed by atoms with Crippen molar-refractivity contribution < 1.29 is 4.42 Å². The SMILES string of the molecule is c1ccc(-c2nc(-c3ccccc3)nc(-c3ccc(-c4cc5ccccc5c5c4oc4ccccc45)cc3)n2)cc1.c1ccc(-c2nc(-c3ccccc3)nc(-c3ccc(-c4cc5ccccc5c5c4sc4ccccc45)cc3)n2)cc1. The second-order valence-electron chi connectivity index (χ2n) is 20.1. The molecule has 16 aromatic rings. The third-order valence-corrected chi connectivity index (χ3v) is 16.3. The Balaban J connectivity index is 0.000000140. The molecule has 0 radical (unpaired) electrons. The van der Waals surface area contributed by atoms with Gasteiger partial charge in [0.25, 0.3) is 0 Å². The lowest BCUT2D eigenvalue weighted by Crippen LogP contribution is -2.00. The average molecular weight is 1070 g/mol. The summed E-state index contributed by atoms with van der Waals surface area (Å²) in [6, 6.07) is 96.0. The first-order valence-corrected chi connectivity index (χ1v) is 28.1. The van der Waals surface area contributed by atoms with Crippen LogP contribution < -0.4 is 0 Å².